The molecule has 1 aromatic rings. The molecule has 74 valence electrons. The molecule has 0 fully saturated rings. The third-order valence-corrected chi connectivity index (χ3v) is 3.13. The van der Waals surface area contributed by atoms with E-state index in [1.54, 1.807) is 11.3 Å². The lowest BCUT2D eigenvalue weighted by Gasteiger charge is -2.11. The minimum atomic E-state index is 0.813. The average molecular weight is 198 g/mol. The zero-order chi connectivity index (χ0) is 9.52. The molecule has 1 rings (SSSR count). The zero-order valence-corrected chi connectivity index (χ0v) is 9.31. The molecule has 0 radical (unpaired) electrons. The summed E-state index contributed by atoms with van der Waals surface area (Å²) in [6, 6.07) is 0. The van der Waals surface area contributed by atoms with Gasteiger partial charge < -0.3 is 0 Å². The molecule has 0 aliphatic carbocycles. The van der Waals surface area contributed by atoms with Gasteiger partial charge >= 0.3 is 0 Å². The summed E-state index contributed by atoms with van der Waals surface area (Å²) >= 11 is 1.68. The number of hydrogen-bond acceptors (Lipinski definition) is 3. The van der Waals surface area contributed by atoms with Crippen molar-refractivity contribution in [3.63, 3.8) is 0 Å². The van der Waals surface area contributed by atoms with Crippen LogP contribution in [0.1, 0.15) is 44.5 Å². The highest BCUT2D eigenvalue weighted by Crippen LogP contribution is 2.18. The monoisotopic (exact) mass is 198 g/mol. The molecule has 0 aliphatic rings. The van der Waals surface area contributed by atoms with E-state index in [2.05, 4.69) is 24.0 Å². The van der Waals surface area contributed by atoms with Crippen LogP contribution in [0, 0.1) is 5.92 Å². The first kappa shape index (κ1) is 10.6. The first-order chi connectivity index (χ1) is 6.36. The van der Waals surface area contributed by atoms with Crippen LogP contribution in [0.15, 0.2) is 5.51 Å². The molecule has 0 saturated heterocycles. The van der Waals surface area contributed by atoms with Crippen molar-refractivity contribution in [2.75, 3.05) is 0 Å². The molecule has 1 heterocycles. The quantitative estimate of drug-likeness (QED) is 0.701. The van der Waals surface area contributed by atoms with Crippen molar-refractivity contribution in [2.24, 2.45) is 5.92 Å². The number of rotatable bonds is 6. The standard InChI is InChI=1S/C10H18N2S/c1-3-5-6-9(4-2)7-10-12-11-8-13-10/h8-9H,3-7H2,1-2H3. The van der Waals surface area contributed by atoms with Crippen molar-refractivity contribution in [1.82, 2.24) is 10.2 Å². The van der Waals surface area contributed by atoms with E-state index in [0.29, 0.717) is 0 Å². The maximum absolute atomic E-state index is 4.08. The Morgan fingerprint density at radius 3 is 2.85 bits per heavy atom. The van der Waals surface area contributed by atoms with Gasteiger partial charge in [0, 0.05) is 6.42 Å². The highest BCUT2D eigenvalue weighted by Gasteiger charge is 2.08. The summed E-state index contributed by atoms with van der Waals surface area (Å²) in [6.45, 7) is 4.51. The molecule has 1 aromatic heterocycles. The fourth-order valence-electron chi connectivity index (χ4n) is 1.48. The van der Waals surface area contributed by atoms with E-state index in [9.17, 15) is 0 Å². The van der Waals surface area contributed by atoms with Gasteiger partial charge in [0.25, 0.3) is 0 Å². The summed E-state index contributed by atoms with van der Waals surface area (Å²) in [5.74, 6) is 0.813. The molecule has 0 bridgehead atoms. The Balaban J connectivity index is 2.31. The SMILES string of the molecule is CCCCC(CC)Cc1nncs1. The van der Waals surface area contributed by atoms with Crippen molar-refractivity contribution in [2.45, 2.75) is 46.0 Å². The number of nitrogens with zero attached hydrogens (tertiary/aromatic N) is 2. The zero-order valence-electron chi connectivity index (χ0n) is 8.49. The molecule has 1 atom stereocenters. The molecule has 13 heavy (non-hydrogen) atoms. The second-order valence-corrected chi connectivity index (χ2v) is 4.37. The Hall–Kier alpha value is -0.440. The lowest BCUT2D eigenvalue weighted by atomic mass is 9.96. The summed E-state index contributed by atoms with van der Waals surface area (Å²) in [4.78, 5) is 0. The van der Waals surface area contributed by atoms with E-state index in [1.807, 2.05) is 5.51 Å². The predicted molar refractivity (Wildman–Crippen MR) is 56.9 cm³/mol. The first-order valence-corrected chi connectivity index (χ1v) is 5.99. The first-order valence-electron chi connectivity index (χ1n) is 5.11. The molecular formula is C10H18N2S. The van der Waals surface area contributed by atoms with E-state index in [1.165, 1.54) is 30.7 Å². The van der Waals surface area contributed by atoms with Gasteiger partial charge in [0.15, 0.2) is 0 Å². The fraction of sp³-hybridized carbons (Fsp3) is 0.800. The van der Waals surface area contributed by atoms with E-state index in [4.69, 9.17) is 0 Å². The summed E-state index contributed by atoms with van der Waals surface area (Å²) in [5.41, 5.74) is 1.82. The summed E-state index contributed by atoms with van der Waals surface area (Å²) < 4.78 is 0. The topological polar surface area (TPSA) is 25.8 Å². The smallest absolute Gasteiger partial charge is 0.117 e. The van der Waals surface area contributed by atoms with Crippen LogP contribution in [0.25, 0.3) is 0 Å². The minimum Gasteiger partial charge on any atom is -0.147 e. The van der Waals surface area contributed by atoms with Crippen LogP contribution in [-0.4, -0.2) is 10.2 Å². The van der Waals surface area contributed by atoms with Crippen molar-refractivity contribution >= 4 is 11.3 Å². The lowest BCUT2D eigenvalue weighted by molar-refractivity contribution is 0.447. The maximum atomic E-state index is 4.08. The van der Waals surface area contributed by atoms with Crippen LogP contribution >= 0.6 is 11.3 Å². The largest absolute Gasteiger partial charge is 0.147 e. The van der Waals surface area contributed by atoms with Crippen LogP contribution in [0.5, 0.6) is 0 Å². The van der Waals surface area contributed by atoms with Crippen molar-refractivity contribution in [3.05, 3.63) is 10.5 Å². The van der Waals surface area contributed by atoms with Crippen LogP contribution in [0.4, 0.5) is 0 Å². The number of unbranched alkanes of at least 4 members (excludes halogenated alkanes) is 1. The second kappa shape index (κ2) is 6.08. The summed E-state index contributed by atoms with van der Waals surface area (Å²) in [5, 5.41) is 9.14. The highest BCUT2D eigenvalue weighted by atomic mass is 32.1. The Morgan fingerprint density at radius 2 is 2.31 bits per heavy atom. The molecule has 0 amide bonds. The fourth-order valence-corrected chi connectivity index (χ4v) is 2.12. The molecule has 0 aliphatic heterocycles. The number of aromatic nitrogens is 2. The van der Waals surface area contributed by atoms with Gasteiger partial charge in [0.2, 0.25) is 0 Å². The Labute approximate surface area is 84.4 Å². The van der Waals surface area contributed by atoms with Gasteiger partial charge in [-0.05, 0) is 5.92 Å². The van der Waals surface area contributed by atoms with Gasteiger partial charge in [0.1, 0.15) is 10.5 Å². The highest BCUT2D eigenvalue weighted by molar-refractivity contribution is 7.09. The Kier molecular flexibility index (Phi) is 4.98. The molecular weight excluding hydrogens is 180 g/mol. The van der Waals surface area contributed by atoms with Crippen LogP contribution in [0.2, 0.25) is 0 Å². The van der Waals surface area contributed by atoms with Crippen molar-refractivity contribution in [1.29, 1.82) is 0 Å². The van der Waals surface area contributed by atoms with Gasteiger partial charge in [-0.3, -0.25) is 0 Å². The molecule has 2 nitrogen and oxygen atoms in total. The van der Waals surface area contributed by atoms with Gasteiger partial charge in [0.05, 0.1) is 0 Å². The van der Waals surface area contributed by atoms with E-state index < -0.39 is 0 Å². The Bertz CT molecular complexity index is 209. The molecule has 0 N–H and O–H groups in total. The van der Waals surface area contributed by atoms with Crippen LogP contribution in [0.3, 0.4) is 0 Å². The molecule has 3 heteroatoms. The van der Waals surface area contributed by atoms with Gasteiger partial charge in [-0.15, -0.1) is 21.5 Å². The normalized spacial score (nSPS) is 13.1. The third kappa shape index (κ3) is 3.85. The van der Waals surface area contributed by atoms with Crippen LogP contribution in [-0.2, 0) is 6.42 Å². The third-order valence-electron chi connectivity index (χ3n) is 2.41. The van der Waals surface area contributed by atoms with E-state index in [-0.39, 0.29) is 0 Å². The number of hydrogen-bond donors (Lipinski definition) is 0. The van der Waals surface area contributed by atoms with Crippen molar-refractivity contribution < 1.29 is 0 Å². The van der Waals surface area contributed by atoms with Crippen LogP contribution < -0.4 is 0 Å². The lowest BCUT2D eigenvalue weighted by Crippen LogP contribution is -2.03. The van der Waals surface area contributed by atoms with Gasteiger partial charge in [-0.1, -0.05) is 39.5 Å². The maximum Gasteiger partial charge on any atom is 0.117 e. The van der Waals surface area contributed by atoms with Crippen molar-refractivity contribution in [3.8, 4) is 0 Å². The molecule has 1 unspecified atom stereocenters. The minimum absolute atomic E-state index is 0.813. The molecule has 0 saturated carbocycles. The van der Waals surface area contributed by atoms with E-state index >= 15 is 0 Å². The predicted octanol–water partition coefficient (Wildman–Crippen LogP) is 3.30. The average Bonchev–Trinajstić information content (AvgIpc) is 2.64. The van der Waals surface area contributed by atoms with E-state index in [0.717, 1.165) is 12.3 Å². The molecule has 0 aromatic carbocycles. The summed E-state index contributed by atoms with van der Waals surface area (Å²) in [7, 11) is 0. The molecule has 0 spiro atoms. The Morgan fingerprint density at radius 1 is 1.46 bits per heavy atom. The van der Waals surface area contributed by atoms with Gasteiger partial charge in [-0.2, -0.15) is 0 Å². The summed E-state index contributed by atoms with van der Waals surface area (Å²) in [6.07, 6.45) is 6.37. The van der Waals surface area contributed by atoms with Gasteiger partial charge in [-0.25, -0.2) is 0 Å². The second-order valence-electron chi connectivity index (χ2n) is 3.45.